The number of anilines is 1. The van der Waals surface area contributed by atoms with Crippen LogP contribution in [0, 0.1) is 0 Å². The van der Waals surface area contributed by atoms with Crippen LogP contribution in [0.4, 0.5) is 5.69 Å². The Kier molecular flexibility index (Phi) is 5.65. The number of carbonyl (C=O) groups excluding carboxylic acids is 1. The van der Waals surface area contributed by atoms with E-state index in [4.69, 9.17) is 11.6 Å². The van der Waals surface area contributed by atoms with Crippen LogP contribution in [0.2, 0.25) is 5.02 Å². The van der Waals surface area contributed by atoms with E-state index in [1.165, 1.54) is 35.8 Å². The molecule has 0 saturated heterocycles. The number of hydrogen-bond donors (Lipinski definition) is 1. The van der Waals surface area contributed by atoms with E-state index in [-0.39, 0.29) is 23.0 Å². The van der Waals surface area contributed by atoms with E-state index in [9.17, 15) is 13.2 Å². The van der Waals surface area contributed by atoms with Gasteiger partial charge >= 0.3 is 0 Å². The molecular weight excluding hydrogens is 394 g/mol. The van der Waals surface area contributed by atoms with Crippen LogP contribution in [0.1, 0.15) is 6.42 Å². The number of sulfone groups is 1. The van der Waals surface area contributed by atoms with Crippen molar-refractivity contribution in [3.63, 3.8) is 0 Å². The Morgan fingerprint density at radius 2 is 1.77 bits per heavy atom. The second-order valence-electron chi connectivity index (χ2n) is 5.44. The van der Waals surface area contributed by atoms with E-state index in [0.29, 0.717) is 10.7 Å². The van der Waals surface area contributed by atoms with E-state index in [1.807, 2.05) is 17.5 Å². The molecule has 1 amide bonds. The molecule has 2 aromatic carbocycles. The summed E-state index contributed by atoms with van der Waals surface area (Å²) in [6.07, 6.45) is -0.136. The molecule has 3 rings (SSSR count). The summed E-state index contributed by atoms with van der Waals surface area (Å²) in [7, 11) is -3.53. The number of nitrogens with one attached hydrogen (secondary N) is 1. The third-order valence-corrected chi connectivity index (χ3v) is 6.08. The maximum atomic E-state index is 12.2. The fraction of sp³-hybridized carbons (Fsp3) is 0.118. The lowest BCUT2D eigenvalue weighted by molar-refractivity contribution is -0.115. The van der Waals surface area contributed by atoms with Crippen molar-refractivity contribution in [2.24, 2.45) is 0 Å². The van der Waals surface area contributed by atoms with Gasteiger partial charge in [-0.15, -0.1) is 5.10 Å². The summed E-state index contributed by atoms with van der Waals surface area (Å²) in [6.45, 7) is 0. The first-order chi connectivity index (χ1) is 12.4. The van der Waals surface area contributed by atoms with Crippen LogP contribution < -0.4 is 5.32 Å². The molecule has 134 valence electrons. The predicted octanol–water partition coefficient (Wildman–Crippen LogP) is 3.66. The van der Waals surface area contributed by atoms with Crippen LogP contribution in [0.5, 0.6) is 0 Å². The van der Waals surface area contributed by atoms with Gasteiger partial charge in [0, 0.05) is 28.1 Å². The molecule has 1 heterocycles. The molecule has 0 spiro atoms. The topological polar surface area (TPSA) is 89.0 Å². The first-order valence-electron chi connectivity index (χ1n) is 7.60. The number of nitrogens with zero attached hydrogens (tertiary/aromatic N) is 2. The molecule has 0 radical (unpaired) electrons. The lowest BCUT2D eigenvalue weighted by atomic mass is 10.1. The zero-order valence-corrected chi connectivity index (χ0v) is 15.8. The Labute approximate surface area is 159 Å². The first-order valence-corrected chi connectivity index (χ1v) is 10.5. The molecule has 0 bridgehead atoms. The summed E-state index contributed by atoms with van der Waals surface area (Å²) in [5.74, 6) is -0.645. The Bertz CT molecular complexity index is 987. The number of carbonyl (C=O) groups is 1. The van der Waals surface area contributed by atoms with E-state index < -0.39 is 9.84 Å². The number of benzene rings is 2. The summed E-state index contributed by atoms with van der Waals surface area (Å²) in [5, 5.41) is 8.95. The molecule has 0 aliphatic carbocycles. The molecule has 0 aliphatic heterocycles. The number of aromatic nitrogens is 2. The average molecular weight is 408 g/mol. The van der Waals surface area contributed by atoms with Crippen molar-refractivity contribution in [3.05, 3.63) is 58.9 Å². The standard InChI is InChI=1S/C17H14ClN3O3S2/c18-13-3-7-15(8-4-13)26(23,24)10-9-17(22)19-14-5-1-12(2-6-14)16-11-25-21-20-16/h1-8,11H,9-10H2,(H,19,22). The second-order valence-corrected chi connectivity index (χ2v) is 8.59. The molecule has 0 aliphatic rings. The highest BCUT2D eigenvalue weighted by Crippen LogP contribution is 2.20. The van der Waals surface area contributed by atoms with Crippen molar-refractivity contribution in [3.8, 4) is 11.3 Å². The Balaban J connectivity index is 1.58. The van der Waals surface area contributed by atoms with Gasteiger partial charge in [-0.05, 0) is 47.9 Å². The molecule has 9 heteroatoms. The molecule has 0 saturated carbocycles. The Morgan fingerprint density at radius 3 is 2.38 bits per heavy atom. The summed E-state index contributed by atoms with van der Waals surface area (Å²) in [5.41, 5.74) is 2.25. The van der Waals surface area contributed by atoms with Gasteiger partial charge in [0.05, 0.1) is 10.6 Å². The van der Waals surface area contributed by atoms with Gasteiger partial charge in [0.2, 0.25) is 5.91 Å². The highest BCUT2D eigenvalue weighted by Gasteiger charge is 2.16. The quantitative estimate of drug-likeness (QED) is 0.673. The minimum atomic E-state index is -3.53. The van der Waals surface area contributed by atoms with Crippen LogP contribution >= 0.6 is 23.1 Å². The fourth-order valence-electron chi connectivity index (χ4n) is 2.23. The number of rotatable bonds is 6. The molecule has 0 fully saturated rings. The normalized spacial score (nSPS) is 11.3. The Morgan fingerprint density at radius 1 is 1.08 bits per heavy atom. The number of halogens is 1. The molecule has 0 atom stereocenters. The fourth-order valence-corrected chi connectivity index (χ4v) is 4.06. The van der Waals surface area contributed by atoms with E-state index >= 15 is 0 Å². The highest BCUT2D eigenvalue weighted by molar-refractivity contribution is 7.91. The molecular formula is C17H14ClN3O3S2. The SMILES string of the molecule is O=C(CCS(=O)(=O)c1ccc(Cl)cc1)Nc1ccc(-c2csnn2)cc1. The molecule has 3 aromatic rings. The molecule has 26 heavy (non-hydrogen) atoms. The highest BCUT2D eigenvalue weighted by atomic mass is 35.5. The average Bonchev–Trinajstić information content (AvgIpc) is 3.16. The van der Waals surface area contributed by atoms with E-state index in [1.54, 1.807) is 12.1 Å². The smallest absolute Gasteiger partial charge is 0.225 e. The van der Waals surface area contributed by atoms with Crippen molar-refractivity contribution < 1.29 is 13.2 Å². The summed E-state index contributed by atoms with van der Waals surface area (Å²) < 4.78 is 28.3. The van der Waals surface area contributed by atoms with E-state index in [2.05, 4.69) is 14.9 Å². The third-order valence-electron chi connectivity index (χ3n) is 3.60. The van der Waals surface area contributed by atoms with Crippen LogP contribution in [0.3, 0.4) is 0 Å². The van der Waals surface area contributed by atoms with Gasteiger partial charge < -0.3 is 5.32 Å². The zero-order valence-electron chi connectivity index (χ0n) is 13.4. The van der Waals surface area contributed by atoms with E-state index in [0.717, 1.165) is 11.3 Å². The van der Waals surface area contributed by atoms with Gasteiger partial charge in [-0.1, -0.05) is 28.2 Å². The van der Waals surface area contributed by atoms with Gasteiger partial charge in [-0.25, -0.2) is 8.42 Å². The van der Waals surface area contributed by atoms with Crippen molar-refractivity contribution in [2.75, 3.05) is 11.1 Å². The van der Waals surface area contributed by atoms with Gasteiger partial charge in [0.1, 0.15) is 5.69 Å². The lowest BCUT2D eigenvalue weighted by Crippen LogP contribution is -2.17. The minimum Gasteiger partial charge on any atom is -0.326 e. The first kappa shape index (κ1) is 18.5. The van der Waals surface area contributed by atoms with Crippen LogP contribution in [-0.4, -0.2) is 29.7 Å². The monoisotopic (exact) mass is 407 g/mol. The molecule has 6 nitrogen and oxygen atoms in total. The van der Waals surface area contributed by atoms with Gasteiger partial charge in [-0.3, -0.25) is 4.79 Å². The third kappa shape index (κ3) is 4.66. The van der Waals surface area contributed by atoms with Crippen molar-refractivity contribution in [1.82, 2.24) is 9.59 Å². The van der Waals surface area contributed by atoms with Crippen molar-refractivity contribution in [1.29, 1.82) is 0 Å². The number of amides is 1. The maximum Gasteiger partial charge on any atom is 0.225 e. The molecule has 0 unspecified atom stereocenters. The summed E-state index contributed by atoms with van der Waals surface area (Å²) in [6, 6.07) is 13.0. The maximum absolute atomic E-state index is 12.2. The van der Waals surface area contributed by atoms with Gasteiger partial charge in [0.15, 0.2) is 9.84 Å². The minimum absolute atomic E-state index is 0.136. The molecule has 1 N–H and O–H groups in total. The van der Waals surface area contributed by atoms with Crippen LogP contribution in [-0.2, 0) is 14.6 Å². The van der Waals surface area contributed by atoms with Crippen molar-refractivity contribution in [2.45, 2.75) is 11.3 Å². The predicted molar refractivity (Wildman–Crippen MR) is 102 cm³/mol. The second kappa shape index (κ2) is 7.94. The largest absolute Gasteiger partial charge is 0.326 e. The van der Waals surface area contributed by atoms with Crippen LogP contribution in [0.15, 0.2) is 58.8 Å². The zero-order chi connectivity index (χ0) is 18.6. The van der Waals surface area contributed by atoms with Gasteiger partial charge in [-0.2, -0.15) is 0 Å². The number of hydrogen-bond acceptors (Lipinski definition) is 6. The summed E-state index contributed by atoms with van der Waals surface area (Å²) >= 11 is 7.02. The molecule has 1 aromatic heterocycles. The van der Waals surface area contributed by atoms with Gasteiger partial charge in [0.25, 0.3) is 0 Å². The lowest BCUT2D eigenvalue weighted by Gasteiger charge is -2.07. The van der Waals surface area contributed by atoms with Crippen LogP contribution in [0.25, 0.3) is 11.3 Å². The van der Waals surface area contributed by atoms with Crippen molar-refractivity contribution >= 4 is 44.6 Å². The summed E-state index contributed by atoms with van der Waals surface area (Å²) in [4.78, 5) is 12.2. The Hall–Kier alpha value is -2.29.